The van der Waals surface area contributed by atoms with E-state index < -0.39 is 0 Å². The predicted octanol–water partition coefficient (Wildman–Crippen LogP) is 4.77. The average molecular weight is 319 g/mol. The summed E-state index contributed by atoms with van der Waals surface area (Å²) in [5, 5.41) is 0. The normalized spacial score (nSPS) is 17.5. The van der Waals surface area contributed by atoms with Gasteiger partial charge in [-0.05, 0) is 35.9 Å². The first-order chi connectivity index (χ1) is 11.4. The van der Waals surface area contributed by atoms with Gasteiger partial charge < -0.3 is 9.80 Å². The fourth-order valence-corrected chi connectivity index (χ4v) is 3.35. The number of nitrogens with zero attached hydrogens (tertiary/aromatic N) is 3. The third-order valence-corrected chi connectivity index (χ3v) is 4.74. The predicted molar refractivity (Wildman–Crippen MR) is 105 cm³/mol. The minimum Gasteiger partial charge on any atom is -0.378 e. The van der Waals surface area contributed by atoms with Crippen molar-refractivity contribution < 1.29 is 0 Å². The van der Waals surface area contributed by atoms with Crippen LogP contribution in [0.25, 0.3) is 0 Å². The molecular weight excluding hydrogens is 294 g/mol. The zero-order chi connectivity index (χ0) is 17.3. The van der Waals surface area contributed by atoms with Crippen molar-refractivity contribution in [1.82, 2.24) is 0 Å². The number of rotatable bonds is 3. The van der Waals surface area contributed by atoms with E-state index in [9.17, 15) is 0 Å². The second-order valence-electron chi connectivity index (χ2n) is 6.95. The van der Waals surface area contributed by atoms with Crippen LogP contribution in [0, 0.1) is 0 Å². The lowest BCUT2D eigenvalue weighted by Crippen LogP contribution is -2.23. The maximum Gasteiger partial charge on any atom is 0.0650 e. The minimum absolute atomic E-state index is 0.0111. The Kier molecular flexibility index (Phi) is 4.18. The SMILES string of the molecule is CN(C)c1cccc(N=C/C=C2/N(C)c3ccccc3C2(C)C)c1. The maximum atomic E-state index is 4.62. The Bertz CT molecular complexity index is 800. The van der Waals surface area contributed by atoms with Crippen molar-refractivity contribution in [1.29, 1.82) is 0 Å². The van der Waals surface area contributed by atoms with Crippen LogP contribution < -0.4 is 9.80 Å². The first-order valence-corrected chi connectivity index (χ1v) is 8.26. The molecule has 0 bridgehead atoms. The molecule has 1 aliphatic rings. The van der Waals surface area contributed by atoms with Gasteiger partial charge in [0.15, 0.2) is 0 Å². The second kappa shape index (κ2) is 6.16. The monoisotopic (exact) mass is 319 g/mol. The molecule has 2 aromatic rings. The highest BCUT2D eigenvalue weighted by Crippen LogP contribution is 2.46. The highest BCUT2D eigenvalue weighted by molar-refractivity contribution is 5.81. The van der Waals surface area contributed by atoms with Gasteiger partial charge in [0.05, 0.1) is 5.69 Å². The van der Waals surface area contributed by atoms with Gasteiger partial charge in [-0.15, -0.1) is 0 Å². The number of benzene rings is 2. The molecule has 0 radical (unpaired) electrons. The zero-order valence-electron chi connectivity index (χ0n) is 15.1. The van der Waals surface area contributed by atoms with Crippen LogP contribution in [0.2, 0.25) is 0 Å². The van der Waals surface area contributed by atoms with E-state index in [1.807, 2.05) is 32.4 Å². The first kappa shape index (κ1) is 16.3. The van der Waals surface area contributed by atoms with E-state index in [0.717, 1.165) is 11.4 Å². The van der Waals surface area contributed by atoms with Gasteiger partial charge in [0.2, 0.25) is 0 Å². The van der Waals surface area contributed by atoms with E-state index in [0.29, 0.717) is 0 Å². The van der Waals surface area contributed by atoms with Crippen LogP contribution in [0.4, 0.5) is 17.1 Å². The molecule has 0 amide bonds. The molecule has 0 unspecified atom stereocenters. The van der Waals surface area contributed by atoms with E-state index in [2.05, 4.69) is 78.2 Å². The van der Waals surface area contributed by atoms with Gasteiger partial charge in [-0.3, -0.25) is 4.99 Å². The third-order valence-electron chi connectivity index (χ3n) is 4.74. The molecule has 0 aliphatic carbocycles. The molecule has 0 saturated heterocycles. The number of hydrogen-bond donors (Lipinski definition) is 0. The van der Waals surface area contributed by atoms with Crippen LogP contribution in [0.5, 0.6) is 0 Å². The van der Waals surface area contributed by atoms with Crippen molar-refractivity contribution in [3.63, 3.8) is 0 Å². The summed E-state index contributed by atoms with van der Waals surface area (Å²) in [6.07, 6.45) is 4.04. The zero-order valence-corrected chi connectivity index (χ0v) is 15.1. The molecule has 124 valence electrons. The first-order valence-electron chi connectivity index (χ1n) is 8.26. The summed E-state index contributed by atoms with van der Waals surface area (Å²) in [7, 11) is 6.20. The summed E-state index contributed by atoms with van der Waals surface area (Å²) in [4.78, 5) is 8.97. The van der Waals surface area contributed by atoms with Gasteiger partial charge in [-0.25, -0.2) is 0 Å². The number of fused-ring (bicyclic) bond motifs is 1. The van der Waals surface area contributed by atoms with E-state index in [1.54, 1.807) is 0 Å². The minimum atomic E-state index is -0.0111. The summed E-state index contributed by atoms with van der Waals surface area (Å²) < 4.78 is 0. The number of anilines is 2. The largest absolute Gasteiger partial charge is 0.378 e. The Balaban J connectivity index is 1.89. The van der Waals surface area contributed by atoms with E-state index in [1.165, 1.54) is 16.9 Å². The van der Waals surface area contributed by atoms with Gasteiger partial charge in [0.1, 0.15) is 0 Å². The number of aliphatic imine (C=N–C) groups is 1. The Morgan fingerprint density at radius 2 is 1.79 bits per heavy atom. The van der Waals surface area contributed by atoms with E-state index in [4.69, 9.17) is 0 Å². The highest BCUT2D eigenvalue weighted by Gasteiger charge is 2.37. The van der Waals surface area contributed by atoms with Crippen LogP contribution in [-0.2, 0) is 5.41 Å². The van der Waals surface area contributed by atoms with Crippen molar-refractivity contribution in [2.45, 2.75) is 19.3 Å². The molecule has 1 aliphatic heterocycles. The topological polar surface area (TPSA) is 18.8 Å². The summed E-state index contributed by atoms with van der Waals surface area (Å²) in [6, 6.07) is 16.8. The lowest BCUT2D eigenvalue weighted by Gasteiger charge is -2.23. The molecule has 3 heteroatoms. The molecule has 0 aromatic heterocycles. The molecule has 3 rings (SSSR count). The van der Waals surface area contributed by atoms with E-state index in [-0.39, 0.29) is 5.41 Å². The van der Waals surface area contributed by atoms with Crippen LogP contribution in [-0.4, -0.2) is 27.4 Å². The summed E-state index contributed by atoms with van der Waals surface area (Å²) in [5.41, 5.74) is 6.01. The molecule has 1 heterocycles. The number of likely N-dealkylation sites (N-methyl/N-ethyl adjacent to an activating group) is 1. The lowest BCUT2D eigenvalue weighted by molar-refractivity contribution is 0.641. The van der Waals surface area contributed by atoms with Crippen molar-refractivity contribution in [2.75, 3.05) is 30.9 Å². The van der Waals surface area contributed by atoms with Crippen LogP contribution in [0.1, 0.15) is 19.4 Å². The van der Waals surface area contributed by atoms with E-state index >= 15 is 0 Å². The summed E-state index contributed by atoms with van der Waals surface area (Å²) in [6.45, 7) is 4.53. The third kappa shape index (κ3) is 2.82. The standard InChI is InChI=1S/C21H25N3/c1-21(2)18-11-6-7-12-19(18)24(5)20(21)13-14-22-16-9-8-10-17(15-16)23(3)4/h6-15H,1-5H3/b20-13+,22-14?. The van der Waals surface area contributed by atoms with Gasteiger partial charge in [-0.1, -0.05) is 38.1 Å². The molecule has 0 spiro atoms. The quantitative estimate of drug-likeness (QED) is 0.759. The van der Waals surface area contributed by atoms with Crippen molar-refractivity contribution >= 4 is 23.3 Å². The number of hydrogen-bond acceptors (Lipinski definition) is 3. The molecule has 0 fully saturated rings. The number of para-hydroxylation sites is 1. The molecule has 0 saturated carbocycles. The molecule has 24 heavy (non-hydrogen) atoms. The van der Waals surface area contributed by atoms with Crippen LogP contribution in [0.3, 0.4) is 0 Å². The van der Waals surface area contributed by atoms with Gasteiger partial charge in [0.25, 0.3) is 0 Å². The Morgan fingerprint density at radius 3 is 2.50 bits per heavy atom. The average Bonchev–Trinajstić information content (AvgIpc) is 2.76. The molecule has 0 atom stereocenters. The fraction of sp³-hybridized carbons (Fsp3) is 0.286. The van der Waals surface area contributed by atoms with Crippen LogP contribution >= 0.6 is 0 Å². The maximum absolute atomic E-state index is 4.62. The van der Waals surface area contributed by atoms with Crippen molar-refractivity contribution in [2.24, 2.45) is 4.99 Å². The molecule has 3 nitrogen and oxygen atoms in total. The van der Waals surface area contributed by atoms with Crippen LogP contribution in [0.15, 0.2) is 65.3 Å². The second-order valence-corrected chi connectivity index (χ2v) is 6.95. The van der Waals surface area contributed by atoms with Crippen molar-refractivity contribution in [3.8, 4) is 0 Å². The molecule has 2 aromatic carbocycles. The smallest absolute Gasteiger partial charge is 0.0650 e. The Morgan fingerprint density at radius 1 is 1.04 bits per heavy atom. The lowest BCUT2D eigenvalue weighted by atomic mass is 9.84. The Hall–Kier alpha value is -2.55. The summed E-state index contributed by atoms with van der Waals surface area (Å²) in [5.74, 6) is 0. The summed E-state index contributed by atoms with van der Waals surface area (Å²) >= 11 is 0. The van der Waals surface area contributed by atoms with Gasteiger partial charge in [0, 0.05) is 49.8 Å². The van der Waals surface area contributed by atoms with Gasteiger partial charge >= 0.3 is 0 Å². The molecule has 0 N–H and O–H groups in total. The molecular formula is C21H25N3. The fourth-order valence-electron chi connectivity index (χ4n) is 3.35. The Labute approximate surface area is 144 Å². The van der Waals surface area contributed by atoms with Crippen molar-refractivity contribution in [3.05, 3.63) is 65.9 Å². The number of allylic oxidation sites excluding steroid dienone is 2. The highest BCUT2D eigenvalue weighted by atomic mass is 15.2. The van der Waals surface area contributed by atoms with Gasteiger partial charge in [-0.2, -0.15) is 0 Å².